The van der Waals surface area contributed by atoms with Crippen LogP contribution in [0.15, 0.2) is 53.4 Å². The third-order valence-electron chi connectivity index (χ3n) is 5.15. The SMILES string of the molecule is COC(=O)c1ccccc1S(=O)(=O)C1CCN(Cc2ccccc2OC(F)F)CC1. The van der Waals surface area contributed by atoms with Crippen molar-refractivity contribution in [3.8, 4) is 5.75 Å². The van der Waals surface area contributed by atoms with Gasteiger partial charge in [0.05, 0.1) is 22.8 Å². The Kier molecular flexibility index (Phi) is 7.04. The van der Waals surface area contributed by atoms with E-state index in [2.05, 4.69) is 4.74 Å². The maximum Gasteiger partial charge on any atom is 0.387 e. The highest BCUT2D eigenvalue weighted by atomic mass is 32.2. The molecule has 0 spiro atoms. The molecule has 1 aliphatic heterocycles. The standard InChI is InChI=1S/C21H23F2NO5S/c1-28-20(25)17-7-3-5-9-19(17)30(26,27)16-10-12-24(13-11-16)14-15-6-2-4-8-18(15)29-21(22)23/h2-9,16,21H,10-14H2,1H3. The van der Waals surface area contributed by atoms with Crippen molar-refractivity contribution in [2.75, 3.05) is 20.2 Å². The molecule has 9 heteroatoms. The van der Waals surface area contributed by atoms with Crippen LogP contribution in [0.4, 0.5) is 8.78 Å². The molecule has 6 nitrogen and oxygen atoms in total. The lowest BCUT2D eigenvalue weighted by Crippen LogP contribution is -2.39. The highest BCUT2D eigenvalue weighted by Gasteiger charge is 2.34. The summed E-state index contributed by atoms with van der Waals surface area (Å²) in [6, 6.07) is 12.6. The van der Waals surface area contributed by atoms with Crippen LogP contribution < -0.4 is 4.74 Å². The molecule has 162 valence electrons. The number of esters is 1. The first kappa shape index (κ1) is 22.2. The molecule has 0 radical (unpaired) electrons. The molecule has 0 amide bonds. The van der Waals surface area contributed by atoms with Crippen molar-refractivity contribution in [1.29, 1.82) is 0 Å². The fraction of sp³-hybridized carbons (Fsp3) is 0.381. The lowest BCUT2D eigenvalue weighted by Gasteiger charge is -2.32. The molecule has 0 saturated carbocycles. The molecule has 2 aromatic rings. The molecule has 1 heterocycles. The van der Waals surface area contributed by atoms with Crippen molar-refractivity contribution in [1.82, 2.24) is 4.90 Å². The van der Waals surface area contributed by atoms with Gasteiger partial charge in [0.15, 0.2) is 9.84 Å². The lowest BCUT2D eigenvalue weighted by molar-refractivity contribution is -0.0508. The van der Waals surface area contributed by atoms with E-state index in [1.54, 1.807) is 30.3 Å². The highest BCUT2D eigenvalue weighted by molar-refractivity contribution is 7.92. The quantitative estimate of drug-likeness (QED) is 0.615. The fourth-order valence-electron chi connectivity index (χ4n) is 3.64. The number of para-hydroxylation sites is 1. The number of rotatable bonds is 7. The maximum absolute atomic E-state index is 13.1. The second-order valence-corrected chi connectivity index (χ2v) is 9.19. The van der Waals surface area contributed by atoms with E-state index < -0.39 is 27.7 Å². The molecule has 0 atom stereocenters. The van der Waals surface area contributed by atoms with Crippen LogP contribution in [0.1, 0.15) is 28.8 Å². The van der Waals surface area contributed by atoms with E-state index in [-0.39, 0.29) is 16.2 Å². The van der Waals surface area contributed by atoms with Crippen molar-refractivity contribution in [3.63, 3.8) is 0 Å². The van der Waals surface area contributed by atoms with Gasteiger partial charge in [0.1, 0.15) is 5.75 Å². The first-order valence-corrected chi connectivity index (χ1v) is 11.0. The summed E-state index contributed by atoms with van der Waals surface area (Å²) < 4.78 is 60.8. The Morgan fingerprint density at radius 3 is 2.40 bits per heavy atom. The average molecular weight is 439 g/mol. The summed E-state index contributed by atoms with van der Waals surface area (Å²) in [5.74, 6) is -0.573. The van der Waals surface area contributed by atoms with Gasteiger partial charge in [-0.3, -0.25) is 4.90 Å². The number of hydrogen-bond donors (Lipinski definition) is 0. The Morgan fingerprint density at radius 2 is 1.73 bits per heavy atom. The number of alkyl halides is 2. The van der Waals surface area contributed by atoms with Crippen LogP contribution >= 0.6 is 0 Å². The number of halogens is 2. The van der Waals surface area contributed by atoms with Gasteiger partial charge in [0, 0.05) is 12.1 Å². The van der Waals surface area contributed by atoms with E-state index in [1.807, 2.05) is 4.90 Å². The normalized spacial score (nSPS) is 15.9. The van der Waals surface area contributed by atoms with Crippen molar-refractivity contribution in [3.05, 3.63) is 59.7 Å². The summed E-state index contributed by atoms with van der Waals surface area (Å²) in [5.41, 5.74) is 0.649. The first-order valence-electron chi connectivity index (χ1n) is 9.49. The Morgan fingerprint density at radius 1 is 1.10 bits per heavy atom. The predicted octanol–water partition coefficient (Wildman–Crippen LogP) is 3.51. The Bertz CT molecular complexity index is 988. The molecule has 3 rings (SSSR count). The summed E-state index contributed by atoms with van der Waals surface area (Å²) in [6.45, 7) is -1.56. The molecular weight excluding hydrogens is 416 g/mol. The van der Waals surface area contributed by atoms with E-state index >= 15 is 0 Å². The van der Waals surface area contributed by atoms with E-state index in [0.717, 1.165) is 0 Å². The van der Waals surface area contributed by atoms with Gasteiger partial charge >= 0.3 is 12.6 Å². The summed E-state index contributed by atoms with van der Waals surface area (Å²) in [4.78, 5) is 14.0. The van der Waals surface area contributed by atoms with Crippen LogP contribution in [0.3, 0.4) is 0 Å². The molecule has 1 saturated heterocycles. The number of likely N-dealkylation sites (tertiary alicyclic amines) is 1. The first-order chi connectivity index (χ1) is 14.3. The van der Waals surface area contributed by atoms with Crippen LogP contribution in [-0.2, 0) is 21.1 Å². The average Bonchev–Trinajstić information content (AvgIpc) is 2.74. The van der Waals surface area contributed by atoms with Gasteiger partial charge in [-0.15, -0.1) is 0 Å². The fourth-order valence-corrected chi connectivity index (χ4v) is 5.55. The number of piperidine rings is 1. The predicted molar refractivity (Wildman–Crippen MR) is 106 cm³/mol. The van der Waals surface area contributed by atoms with E-state index in [0.29, 0.717) is 38.0 Å². The van der Waals surface area contributed by atoms with Gasteiger partial charge in [-0.25, -0.2) is 13.2 Å². The van der Waals surface area contributed by atoms with Crippen LogP contribution in [0.25, 0.3) is 0 Å². The van der Waals surface area contributed by atoms with Gasteiger partial charge in [0.25, 0.3) is 0 Å². The van der Waals surface area contributed by atoms with Gasteiger partial charge in [0.2, 0.25) is 0 Å². The molecule has 0 unspecified atom stereocenters. The maximum atomic E-state index is 13.1. The number of nitrogens with zero attached hydrogens (tertiary/aromatic N) is 1. The van der Waals surface area contributed by atoms with Crippen LogP contribution in [0, 0.1) is 0 Å². The zero-order chi connectivity index (χ0) is 21.7. The molecule has 1 fully saturated rings. The van der Waals surface area contributed by atoms with Gasteiger partial charge < -0.3 is 9.47 Å². The Labute approximate surface area is 174 Å². The zero-order valence-electron chi connectivity index (χ0n) is 16.5. The number of hydrogen-bond acceptors (Lipinski definition) is 6. The number of benzene rings is 2. The third kappa shape index (κ3) is 4.96. The molecule has 0 aliphatic carbocycles. The minimum absolute atomic E-state index is 0.0222. The molecule has 0 bridgehead atoms. The number of ether oxygens (including phenoxy) is 2. The number of sulfone groups is 1. The van der Waals surface area contributed by atoms with Gasteiger partial charge in [-0.2, -0.15) is 8.78 Å². The largest absolute Gasteiger partial charge is 0.465 e. The second-order valence-electron chi connectivity index (χ2n) is 6.99. The van der Waals surface area contributed by atoms with E-state index in [4.69, 9.17) is 4.74 Å². The summed E-state index contributed by atoms with van der Waals surface area (Å²) >= 11 is 0. The summed E-state index contributed by atoms with van der Waals surface area (Å²) in [6.07, 6.45) is 0.741. The van der Waals surface area contributed by atoms with E-state index in [9.17, 15) is 22.0 Å². The number of carbonyl (C=O) groups excluding carboxylic acids is 1. The molecule has 30 heavy (non-hydrogen) atoms. The smallest absolute Gasteiger partial charge is 0.387 e. The summed E-state index contributed by atoms with van der Waals surface area (Å²) in [7, 11) is -2.51. The van der Waals surface area contributed by atoms with Crippen LogP contribution in [0.2, 0.25) is 0 Å². The minimum atomic E-state index is -3.72. The Hall–Kier alpha value is -2.52. The topological polar surface area (TPSA) is 72.9 Å². The van der Waals surface area contributed by atoms with Crippen molar-refractivity contribution < 1.29 is 31.5 Å². The van der Waals surface area contributed by atoms with Gasteiger partial charge in [-0.05, 0) is 44.1 Å². The Balaban J connectivity index is 1.70. The third-order valence-corrected chi connectivity index (χ3v) is 7.47. The monoisotopic (exact) mass is 439 g/mol. The molecule has 0 aromatic heterocycles. The second kappa shape index (κ2) is 9.53. The molecular formula is C21H23F2NO5S. The molecule has 2 aromatic carbocycles. The lowest BCUT2D eigenvalue weighted by atomic mass is 10.1. The number of methoxy groups -OCH3 is 1. The van der Waals surface area contributed by atoms with Crippen molar-refractivity contribution in [2.24, 2.45) is 0 Å². The van der Waals surface area contributed by atoms with Crippen LogP contribution in [-0.4, -0.2) is 51.3 Å². The zero-order valence-corrected chi connectivity index (χ0v) is 17.3. The number of carbonyl (C=O) groups is 1. The molecule has 0 N–H and O–H groups in total. The van der Waals surface area contributed by atoms with E-state index in [1.165, 1.54) is 25.3 Å². The minimum Gasteiger partial charge on any atom is -0.465 e. The summed E-state index contributed by atoms with van der Waals surface area (Å²) in [5, 5.41) is -0.632. The molecule has 1 aliphatic rings. The van der Waals surface area contributed by atoms with Crippen molar-refractivity contribution >= 4 is 15.8 Å². The van der Waals surface area contributed by atoms with Crippen LogP contribution in [0.5, 0.6) is 5.75 Å². The van der Waals surface area contributed by atoms with Crippen molar-refractivity contribution in [2.45, 2.75) is 36.1 Å². The highest BCUT2D eigenvalue weighted by Crippen LogP contribution is 2.29. The van der Waals surface area contributed by atoms with Gasteiger partial charge in [-0.1, -0.05) is 30.3 Å².